The molecule has 0 aliphatic heterocycles. The van der Waals surface area contributed by atoms with Gasteiger partial charge in [-0.3, -0.25) is 4.79 Å². The first-order chi connectivity index (χ1) is 9.61. The lowest BCUT2D eigenvalue weighted by atomic mass is 10.0. The fourth-order valence-corrected chi connectivity index (χ4v) is 2.78. The van der Waals surface area contributed by atoms with Gasteiger partial charge in [-0.25, -0.2) is 0 Å². The number of hydrogen-bond acceptors (Lipinski definition) is 2. The van der Waals surface area contributed by atoms with Crippen molar-refractivity contribution in [3.05, 3.63) is 64.7 Å². The molecule has 0 aromatic heterocycles. The number of anilines is 1. The Bertz CT molecular complexity index is 585. The third kappa shape index (κ3) is 3.42. The van der Waals surface area contributed by atoms with E-state index >= 15 is 0 Å². The fourth-order valence-electron chi connectivity index (χ4n) is 2.28. The van der Waals surface area contributed by atoms with Gasteiger partial charge in [0.15, 0.2) is 0 Å². The molecule has 0 spiro atoms. The molecule has 3 heteroatoms. The van der Waals surface area contributed by atoms with E-state index in [1.165, 1.54) is 5.56 Å². The van der Waals surface area contributed by atoms with E-state index in [2.05, 4.69) is 23.7 Å². The lowest BCUT2D eigenvalue weighted by Crippen LogP contribution is -2.13. The first kappa shape index (κ1) is 14.7. The minimum Gasteiger partial charge on any atom is -0.322 e. The summed E-state index contributed by atoms with van der Waals surface area (Å²) in [6.07, 6.45) is 2.09. The summed E-state index contributed by atoms with van der Waals surface area (Å²) in [6, 6.07) is 13.6. The third-order valence-corrected chi connectivity index (χ3v) is 3.80. The summed E-state index contributed by atoms with van der Waals surface area (Å²) in [4.78, 5) is 12.2. The molecule has 1 amide bonds. The van der Waals surface area contributed by atoms with E-state index in [4.69, 9.17) is 0 Å². The summed E-state index contributed by atoms with van der Waals surface area (Å²) in [5, 5.41) is 3.02. The number of aryl methyl sites for hydroxylation is 2. The summed E-state index contributed by atoms with van der Waals surface area (Å²) in [5.41, 5.74) is 5.12. The second-order valence-electron chi connectivity index (χ2n) is 4.86. The molecule has 0 saturated heterocycles. The van der Waals surface area contributed by atoms with Crippen LogP contribution in [-0.2, 0) is 5.75 Å². The van der Waals surface area contributed by atoms with Gasteiger partial charge < -0.3 is 5.32 Å². The lowest BCUT2D eigenvalue weighted by Gasteiger charge is -2.13. The summed E-state index contributed by atoms with van der Waals surface area (Å²) >= 11 is 1.80. The molecule has 2 aromatic rings. The van der Waals surface area contributed by atoms with E-state index in [0.717, 1.165) is 22.6 Å². The minimum absolute atomic E-state index is 0.0607. The van der Waals surface area contributed by atoms with Gasteiger partial charge in [-0.2, -0.15) is 11.8 Å². The van der Waals surface area contributed by atoms with Gasteiger partial charge in [0.05, 0.1) is 0 Å². The van der Waals surface area contributed by atoms with Crippen LogP contribution in [0.5, 0.6) is 0 Å². The molecule has 1 N–H and O–H groups in total. The van der Waals surface area contributed by atoms with Gasteiger partial charge in [0.1, 0.15) is 0 Å². The van der Waals surface area contributed by atoms with Crippen molar-refractivity contribution in [1.29, 1.82) is 0 Å². The number of thioether (sulfide) groups is 1. The summed E-state index contributed by atoms with van der Waals surface area (Å²) in [6.45, 7) is 4.08. The highest BCUT2D eigenvalue weighted by molar-refractivity contribution is 7.97. The molecule has 0 bridgehead atoms. The van der Waals surface area contributed by atoms with Crippen molar-refractivity contribution in [2.45, 2.75) is 19.6 Å². The first-order valence-electron chi connectivity index (χ1n) is 6.57. The van der Waals surface area contributed by atoms with Gasteiger partial charge in [-0.1, -0.05) is 30.3 Å². The zero-order valence-corrected chi connectivity index (χ0v) is 12.9. The van der Waals surface area contributed by atoms with Crippen molar-refractivity contribution in [3.63, 3.8) is 0 Å². The number of hydrogen-bond donors (Lipinski definition) is 1. The Morgan fingerprint density at radius 2 is 1.70 bits per heavy atom. The summed E-state index contributed by atoms with van der Waals surface area (Å²) in [5.74, 6) is 0.934. The van der Waals surface area contributed by atoms with E-state index in [1.807, 2.05) is 44.2 Å². The average Bonchev–Trinajstić information content (AvgIpc) is 2.44. The number of carbonyl (C=O) groups excluding carboxylic acids is 1. The van der Waals surface area contributed by atoms with E-state index in [9.17, 15) is 4.79 Å². The molecule has 104 valence electrons. The predicted octanol–water partition coefficient (Wildman–Crippen LogP) is 4.42. The molecular formula is C17H19NOS. The highest BCUT2D eigenvalue weighted by Crippen LogP contribution is 2.24. The normalized spacial score (nSPS) is 10.3. The summed E-state index contributed by atoms with van der Waals surface area (Å²) in [7, 11) is 0. The van der Waals surface area contributed by atoms with Crippen LogP contribution in [-0.4, -0.2) is 12.2 Å². The zero-order valence-electron chi connectivity index (χ0n) is 12.1. The monoisotopic (exact) mass is 285 g/mol. The first-order valence-corrected chi connectivity index (χ1v) is 7.96. The zero-order chi connectivity index (χ0) is 14.5. The molecule has 0 unspecified atom stereocenters. The Hall–Kier alpha value is -1.74. The molecule has 20 heavy (non-hydrogen) atoms. The molecule has 2 rings (SSSR count). The summed E-state index contributed by atoms with van der Waals surface area (Å²) < 4.78 is 0. The Kier molecular flexibility index (Phi) is 4.85. The molecule has 0 radical (unpaired) electrons. The van der Waals surface area contributed by atoms with Crippen LogP contribution in [0.15, 0.2) is 42.5 Å². The van der Waals surface area contributed by atoms with Crippen molar-refractivity contribution < 1.29 is 4.79 Å². The van der Waals surface area contributed by atoms with Crippen molar-refractivity contribution in [2.24, 2.45) is 0 Å². The number of carbonyl (C=O) groups is 1. The molecule has 2 nitrogen and oxygen atoms in total. The fraction of sp³-hybridized carbons (Fsp3) is 0.235. The van der Waals surface area contributed by atoms with Crippen LogP contribution in [0.1, 0.15) is 27.0 Å². The van der Waals surface area contributed by atoms with Crippen LogP contribution >= 0.6 is 11.8 Å². The number of nitrogens with one attached hydrogen (secondary N) is 1. The second-order valence-corrected chi connectivity index (χ2v) is 5.72. The lowest BCUT2D eigenvalue weighted by molar-refractivity contribution is 0.102. The molecule has 0 heterocycles. The molecule has 0 aliphatic carbocycles. The SMILES string of the molecule is CSCc1cc(C)c(NC(=O)c2ccccc2)c(C)c1. The van der Waals surface area contributed by atoms with Crippen LogP contribution in [0.4, 0.5) is 5.69 Å². The van der Waals surface area contributed by atoms with Crippen LogP contribution in [0.2, 0.25) is 0 Å². The Morgan fingerprint density at radius 3 is 2.25 bits per heavy atom. The van der Waals surface area contributed by atoms with Gasteiger partial charge in [-0.15, -0.1) is 0 Å². The largest absolute Gasteiger partial charge is 0.322 e. The third-order valence-electron chi connectivity index (χ3n) is 3.18. The van der Waals surface area contributed by atoms with Crippen molar-refractivity contribution in [1.82, 2.24) is 0 Å². The van der Waals surface area contributed by atoms with Gasteiger partial charge in [0.25, 0.3) is 5.91 Å². The molecule has 0 aliphatic rings. The van der Waals surface area contributed by atoms with E-state index < -0.39 is 0 Å². The molecule has 0 fully saturated rings. The van der Waals surface area contributed by atoms with Crippen LogP contribution in [0.3, 0.4) is 0 Å². The number of benzene rings is 2. The Balaban J connectivity index is 2.24. The Morgan fingerprint density at radius 1 is 1.10 bits per heavy atom. The molecule has 0 saturated carbocycles. The highest BCUT2D eigenvalue weighted by Gasteiger charge is 2.10. The van der Waals surface area contributed by atoms with Crippen LogP contribution in [0, 0.1) is 13.8 Å². The number of rotatable bonds is 4. The standard InChI is InChI=1S/C17H19NOS/c1-12-9-14(11-20-3)10-13(2)16(12)18-17(19)15-7-5-4-6-8-15/h4-10H,11H2,1-3H3,(H,18,19). The van der Waals surface area contributed by atoms with Gasteiger partial charge in [0, 0.05) is 17.0 Å². The van der Waals surface area contributed by atoms with E-state index in [1.54, 1.807) is 11.8 Å². The van der Waals surface area contributed by atoms with Crippen molar-refractivity contribution >= 4 is 23.4 Å². The highest BCUT2D eigenvalue weighted by atomic mass is 32.2. The van der Waals surface area contributed by atoms with Gasteiger partial charge >= 0.3 is 0 Å². The van der Waals surface area contributed by atoms with Crippen molar-refractivity contribution in [2.75, 3.05) is 11.6 Å². The van der Waals surface area contributed by atoms with Gasteiger partial charge in [-0.05, 0) is 48.9 Å². The predicted molar refractivity (Wildman–Crippen MR) is 87.5 cm³/mol. The molecular weight excluding hydrogens is 266 g/mol. The maximum Gasteiger partial charge on any atom is 0.255 e. The van der Waals surface area contributed by atoms with Crippen molar-refractivity contribution in [3.8, 4) is 0 Å². The maximum absolute atomic E-state index is 12.2. The van der Waals surface area contributed by atoms with Crippen LogP contribution < -0.4 is 5.32 Å². The smallest absolute Gasteiger partial charge is 0.255 e. The Labute approximate surface area is 124 Å². The molecule has 2 aromatic carbocycles. The average molecular weight is 285 g/mol. The second kappa shape index (κ2) is 6.62. The van der Waals surface area contributed by atoms with Crippen LogP contribution in [0.25, 0.3) is 0 Å². The minimum atomic E-state index is -0.0607. The maximum atomic E-state index is 12.2. The topological polar surface area (TPSA) is 29.1 Å². The van der Waals surface area contributed by atoms with Gasteiger partial charge in [0.2, 0.25) is 0 Å². The van der Waals surface area contributed by atoms with E-state index in [0.29, 0.717) is 5.56 Å². The molecule has 0 atom stereocenters. The van der Waals surface area contributed by atoms with E-state index in [-0.39, 0.29) is 5.91 Å². The number of amides is 1. The quantitative estimate of drug-likeness (QED) is 0.901.